The Kier molecular flexibility index (Phi) is 4.68. The van der Waals surface area contributed by atoms with E-state index in [1.54, 1.807) is 13.0 Å². The lowest BCUT2D eigenvalue weighted by Gasteiger charge is -2.10. The van der Waals surface area contributed by atoms with Gasteiger partial charge < -0.3 is 4.74 Å². The van der Waals surface area contributed by atoms with Gasteiger partial charge in [0.05, 0.1) is 0 Å². The highest BCUT2D eigenvalue weighted by molar-refractivity contribution is 5.99. The van der Waals surface area contributed by atoms with Crippen molar-refractivity contribution in [1.29, 1.82) is 0 Å². The van der Waals surface area contributed by atoms with Crippen molar-refractivity contribution in [3.63, 3.8) is 0 Å². The van der Waals surface area contributed by atoms with Crippen LogP contribution in [0.2, 0.25) is 0 Å². The normalized spacial score (nSPS) is 10.7. The number of hydrogen-bond acceptors (Lipinski definition) is 2. The number of ether oxygens (including phenoxy) is 1. The van der Waals surface area contributed by atoms with Crippen LogP contribution in [0.5, 0.6) is 5.75 Å². The average molecular weight is 290 g/mol. The Morgan fingerprint density at radius 3 is 2.33 bits per heavy atom. The molecule has 2 rings (SSSR count). The van der Waals surface area contributed by atoms with E-state index in [0.29, 0.717) is 17.9 Å². The van der Waals surface area contributed by atoms with Gasteiger partial charge in [0.15, 0.2) is 0 Å². The summed E-state index contributed by atoms with van der Waals surface area (Å²) in [6.45, 7) is 4.02. The zero-order chi connectivity index (χ0) is 15.4. The van der Waals surface area contributed by atoms with E-state index in [9.17, 15) is 13.6 Å². The molecule has 0 fully saturated rings. The summed E-state index contributed by atoms with van der Waals surface area (Å²) in [6, 6.07) is 12.4. The van der Waals surface area contributed by atoms with Gasteiger partial charge in [0.25, 0.3) is 0 Å². The molecule has 0 bridgehead atoms. The zero-order valence-corrected chi connectivity index (χ0v) is 11.9. The van der Waals surface area contributed by atoms with Gasteiger partial charge in [-0.15, -0.1) is 0 Å². The highest BCUT2D eigenvalue weighted by atomic mass is 19.3. The number of halogens is 2. The van der Waals surface area contributed by atoms with Crippen molar-refractivity contribution in [3.05, 3.63) is 64.7 Å². The van der Waals surface area contributed by atoms with E-state index in [2.05, 4.69) is 0 Å². The lowest BCUT2D eigenvalue weighted by atomic mass is 10.0. The number of hydrogen-bond donors (Lipinski definition) is 0. The van der Waals surface area contributed by atoms with Crippen LogP contribution in [0.3, 0.4) is 0 Å². The molecule has 4 heteroatoms. The van der Waals surface area contributed by atoms with E-state index < -0.39 is 12.2 Å². The second-order valence-corrected chi connectivity index (χ2v) is 4.92. The van der Waals surface area contributed by atoms with Gasteiger partial charge >= 0.3 is 6.43 Å². The van der Waals surface area contributed by atoms with Crippen molar-refractivity contribution in [2.24, 2.45) is 0 Å². The molecule has 110 valence electrons. The molecule has 0 amide bonds. The molecule has 0 spiro atoms. The number of ketones is 1. The van der Waals surface area contributed by atoms with Crippen LogP contribution in [0.25, 0.3) is 0 Å². The van der Waals surface area contributed by atoms with Crippen LogP contribution < -0.4 is 4.74 Å². The Balaban J connectivity index is 2.06. The van der Waals surface area contributed by atoms with E-state index in [1.807, 2.05) is 31.2 Å². The van der Waals surface area contributed by atoms with Gasteiger partial charge in [0.1, 0.15) is 12.4 Å². The first-order valence-electron chi connectivity index (χ1n) is 6.58. The van der Waals surface area contributed by atoms with Gasteiger partial charge in [-0.3, -0.25) is 4.79 Å². The topological polar surface area (TPSA) is 26.3 Å². The van der Waals surface area contributed by atoms with Gasteiger partial charge in [0.2, 0.25) is 5.78 Å². The molecule has 2 aromatic carbocycles. The first-order valence-corrected chi connectivity index (χ1v) is 6.58. The first-order chi connectivity index (χ1) is 9.97. The first kappa shape index (κ1) is 15.2. The predicted molar refractivity (Wildman–Crippen MR) is 77.0 cm³/mol. The second kappa shape index (κ2) is 6.48. The molecule has 0 N–H and O–H groups in total. The van der Waals surface area contributed by atoms with E-state index in [0.717, 1.165) is 5.56 Å². The third-order valence-electron chi connectivity index (χ3n) is 3.19. The molecule has 0 atom stereocenters. The molecule has 0 radical (unpaired) electrons. The van der Waals surface area contributed by atoms with E-state index >= 15 is 0 Å². The molecule has 0 aromatic heterocycles. The molecule has 0 heterocycles. The van der Waals surface area contributed by atoms with Crippen LogP contribution >= 0.6 is 0 Å². The molecule has 2 aromatic rings. The molecule has 0 aliphatic heterocycles. The molecule has 0 unspecified atom stereocenters. The van der Waals surface area contributed by atoms with Gasteiger partial charge in [-0.05, 0) is 43.2 Å². The fourth-order valence-corrected chi connectivity index (χ4v) is 1.97. The smallest absolute Gasteiger partial charge is 0.300 e. The van der Waals surface area contributed by atoms with Crippen molar-refractivity contribution >= 4 is 5.78 Å². The van der Waals surface area contributed by atoms with Crippen molar-refractivity contribution in [2.75, 3.05) is 0 Å². The van der Waals surface area contributed by atoms with Gasteiger partial charge in [-0.2, -0.15) is 0 Å². The van der Waals surface area contributed by atoms with Crippen molar-refractivity contribution in [2.45, 2.75) is 26.9 Å². The minimum absolute atomic E-state index is 0.0349. The Labute approximate surface area is 122 Å². The number of Topliss-reactive ketones (excluding diaryl/α,β-unsaturated/α-hetero) is 1. The zero-order valence-electron chi connectivity index (χ0n) is 11.9. The molecule has 0 saturated carbocycles. The fraction of sp³-hybridized carbons (Fsp3) is 0.235. The molecular formula is C17H16F2O2. The SMILES string of the molecule is Cc1ccc(COc2ccc(C(=O)C(F)F)c(C)c2)cc1. The minimum atomic E-state index is -2.98. The van der Waals surface area contributed by atoms with Crippen LogP contribution in [0.4, 0.5) is 8.78 Å². The molecule has 0 saturated heterocycles. The predicted octanol–water partition coefficient (Wildman–Crippen LogP) is 4.33. The summed E-state index contributed by atoms with van der Waals surface area (Å²) in [6.07, 6.45) is -2.98. The number of alkyl halides is 2. The molecular weight excluding hydrogens is 274 g/mol. The van der Waals surface area contributed by atoms with Crippen LogP contribution in [-0.4, -0.2) is 12.2 Å². The maximum atomic E-state index is 12.4. The van der Waals surface area contributed by atoms with Gasteiger partial charge in [-0.25, -0.2) is 8.78 Å². The lowest BCUT2D eigenvalue weighted by Crippen LogP contribution is -2.11. The third-order valence-corrected chi connectivity index (χ3v) is 3.19. The Hall–Kier alpha value is -2.23. The van der Waals surface area contributed by atoms with Crippen LogP contribution in [0.15, 0.2) is 42.5 Å². The van der Waals surface area contributed by atoms with E-state index in [-0.39, 0.29) is 5.56 Å². The largest absolute Gasteiger partial charge is 0.489 e. The number of carbonyl (C=O) groups is 1. The number of rotatable bonds is 5. The quantitative estimate of drug-likeness (QED) is 0.766. The van der Waals surface area contributed by atoms with Gasteiger partial charge in [0, 0.05) is 5.56 Å². The summed E-state index contributed by atoms with van der Waals surface area (Å²) in [5, 5.41) is 0. The van der Waals surface area contributed by atoms with E-state index in [1.165, 1.54) is 17.7 Å². The van der Waals surface area contributed by atoms with Crippen molar-refractivity contribution < 1.29 is 18.3 Å². The third kappa shape index (κ3) is 3.88. The molecule has 0 aliphatic rings. The molecule has 2 nitrogen and oxygen atoms in total. The monoisotopic (exact) mass is 290 g/mol. The second-order valence-electron chi connectivity index (χ2n) is 4.92. The summed E-state index contributed by atoms with van der Waals surface area (Å²) >= 11 is 0. The van der Waals surface area contributed by atoms with Crippen LogP contribution in [0.1, 0.15) is 27.0 Å². The number of benzene rings is 2. The minimum Gasteiger partial charge on any atom is -0.489 e. The standard InChI is InChI=1S/C17H16F2O2/c1-11-3-5-13(6-4-11)10-21-14-7-8-15(12(2)9-14)16(20)17(18)19/h3-9,17H,10H2,1-2H3. The van der Waals surface area contributed by atoms with E-state index in [4.69, 9.17) is 4.74 Å². The van der Waals surface area contributed by atoms with Crippen molar-refractivity contribution in [1.82, 2.24) is 0 Å². The molecule has 21 heavy (non-hydrogen) atoms. The highest BCUT2D eigenvalue weighted by Gasteiger charge is 2.19. The van der Waals surface area contributed by atoms with Crippen LogP contribution in [0, 0.1) is 13.8 Å². The highest BCUT2D eigenvalue weighted by Crippen LogP contribution is 2.20. The Morgan fingerprint density at radius 2 is 1.76 bits per heavy atom. The van der Waals surface area contributed by atoms with Crippen LogP contribution in [-0.2, 0) is 6.61 Å². The maximum Gasteiger partial charge on any atom is 0.300 e. The Bertz CT molecular complexity index is 634. The van der Waals surface area contributed by atoms with Gasteiger partial charge in [-0.1, -0.05) is 29.8 Å². The summed E-state index contributed by atoms with van der Waals surface area (Å²) < 4.78 is 30.4. The maximum absolute atomic E-state index is 12.4. The summed E-state index contributed by atoms with van der Waals surface area (Å²) in [5.74, 6) is -0.600. The average Bonchev–Trinajstić information content (AvgIpc) is 2.46. The Morgan fingerprint density at radius 1 is 1.10 bits per heavy atom. The summed E-state index contributed by atoms with van der Waals surface area (Å²) in [7, 11) is 0. The summed E-state index contributed by atoms with van der Waals surface area (Å²) in [5.41, 5.74) is 2.71. The lowest BCUT2D eigenvalue weighted by molar-refractivity contribution is 0.0678. The van der Waals surface area contributed by atoms with Crippen molar-refractivity contribution in [3.8, 4) is 5.75 Å². The fourth-order valence-electron chi connectivity index (χ4n) is 1.97. The number of carbonyl (C=O) groups excluding carboxylic acids is 1. The number of aryl methyl sites for hydroxylation is 2. The molecule has 0 aliphatic carbocycles. The summed E-state index contributed by atoms with van der Waals surface area (Å²) in [4.78, 5) is 11.3.